The first-order chi connectivity index (χ1) is 7.81. The zero-order valence-corrected chi connectivity index (χ0v) is 11.2. The maximum absolute atomic E-state index is 5.54. The van der Waals surface area contributed by atoms with Crippen LogP contribution in [0.2, 0.25) is 0 Å². The summed E-state index contributed by atoms with van der Waals surface area (Å²) in [4.78, 5) is 0. The predicted octanol–water partition coefficient (Wildman–Crippen LogP) is 2.38. The molecular weight excluding hydrogens is 242 g/mol. The highest BCUT2D eigenvalue weighted by molar-refractivity contribution is 7.99. The number of nitrogens with one attached hydrogen (secondary N) is 1. The van der Waals surface area contributed by atoms with E-state index in [1.807, 2.05) is 11.8 Å². The van der Waals surface area contributed by atoms with E-state index in [0.29, 0.717) is 11.4 Å². The van der Waals surface area contributed by atoms with Crippen molar-refractivity contribution < 1.29 is 4.74 Å². The van der Waals surface area contributed by atoms with Crippen molar-refractivity contribution >= 4 is 28.3 Å². The minimum absolute atomic E-state index is 0.374. The van der Waals surface area contributed by atoms with Gasteiger partial charge < -0.3 is 10.1 Å². The highest BCUT2D eigenvalue weighted by Gasteiger charge is 2.25. The van der Waals surface area contributed by atoms with E-state index in [0.717, 1.165) is 36.0 Å². The summed E-state index contributed by atoms with van der Waals surface area (Å²) in [5, 5.41) is 9.18. The fraction of sp³-hybridized carbons (Fsp3) is 0.800. The summed E-state index contributed by atoms with van der Waals surface area (Å²) >= 11 is 3.37. The molecule has 0 bridgehead atoms. The van der Waals surface area contributed by atoms with Gasteiger partial charge in [0, 0.05) is 35.7 Å². The van der Waals surface area contributed by atoms with Crippen molar-refractivity contribution in [2.24, 2.45) is 0 Å². The van der Waals surface area contributed by atoms with Crippen LogP contribution in [0.15, 0.2) is 0 Å². The van der Waals surface area contributed by atoms with Gasteiger partial charge >= 0.3 is 0 Å². The highest BCUT2D eigenvalue weighted by atomic mass is 32.2. The first-order valence-electron chi connectivity index (χ1n) is 5.59. The monoisotopic (exact) mass is 259 g/mol. The van der Waals surface area contributed by atoms with Gasteiger partial charge in [-0.25, -0.2) is 0 Å². The fourth-order valence-corrected chi connectivity index (χ4v) is 3.64. The summed E-state index contributed by atoms with van der Waals surface area (Å²) in [7, 11) is 0. The van der Waals surface area contributed by atoms with E-state index < -0.39 is 0 Å². The van der Waals surface area contributed by atoms with Crippen LogP contribution < -0.4 is 5.32 Å². The number of hydrogen-bond acceptors (Lipinski definition) is 6. The van der Waals surface area contributed by atoms with Crippen LogP contribution in [0.3, 0.4) is 0 Å². The summed E-state index contributed by atoms with van der Waals surface area (Å²) in [6, 6.07) is 0. The Labute approximate surface area is 104 Å². The molecule has 6 heteroatoms. The van der Waals surface area contributed by atoms with E-state index >= 15 is 0 Å². The molecule has 16 heavy (non-hydrogen) atoms. The summed E-state index contributed by atoms with van der Waals surface area (Å²) in [5.41, 5.74) is 1.08. The quantitative estimate of drug-likeness (QED) is 0.879. The van der Waals surface area contributed by atoms with Gasteiger partial charge in [0.1, 0.15) is 10.7 Å². The Hall–Kier alpha value is -0.330. The SMILES string of the molecule is CCNc1snnc1CSC1CCOC1C. The van der Waals surface area contributed by atoms with Gasteiger partial charge in [0.25, 0.3) is 0 Å². The lowest BCUT2D eigenvalue weighted by molar-refractivity contribution is 0.127. The standard InChI is InChI=1S/C10H17N3OS2/c1-3-11-10-8(12-13-16-10)6-15-9-4-5-14-7(9)2/h7,9,11H,3-6H2,1-2H3. The predicted molar refractivity (Wildman–Crippen MR) is 69.2 cm³/mol. The Balaban J connectivity index is 1.86. The summed E-state index contributed by atoms with van der Waals surface area (Å²) < 4.78 is 9.53. The minimum Gasteiger partial charge on any atom is -0.377 e. The Morgan fingerprint density at radius 1 is 1.62 bits per heavy atom. The summed E-state index contributed by atoms with van der Waals surface area (Å²) in [5.74, 6) is 0.928. The number of rotatable bonds is 5. The van der Waals surface area contributed by atoms with Gasteiger partial charge in [0.2, 0.25) is 0 Å². The lowest BCUT2D eigenvalue weighted by Gasteiger charge is -2.12. The normalized spacial score (nSPS) is 24.9. The molecule has 0 radical (unpaired) electrons. The van der Waals surface area contributed by atoms with Crippen molar-refractivity contribution in [3.05, 3.63) is 5.69 Å². The van der Waals surface area contributed by atoms with Crippen LogP contribution in [0.25, 0.3) is 0 Å². The van der Waals surface area contributed by atoms with Crippen LogP contribution in [-0.4, -0.2) is 34.1 Å². The molecule has 1 fully saturated rings. The number of aromatic nitrogens is 2. The van der Waals surface area contributed by atoms with Gasteiger partial charge in [-0.05, 0) is 20.3 Å². The molecule has 1 aromatic rings. The van der Waals surface area contributed by atoms with Crippen molar-refractivity contribution in [1.82, 2.24) is 9.59 Å². The van der Waals surface area contributed by atoms with E-state index in [4.69, 9.17) is 4.74 Å². The number of hydrogen-bond donors (Lipinski definition) is 1. The van der Waals surface area contributed by atoms with Gasteiger partial charge in [-0.15, -0.1) is 16.9 Å². The molecule has 0 spiro atoms. The lowest BCUT2D eigenvalue weighted by Crippen LogP contribution is -2.13. The zero-order chi connectivity index (χ0) is 11.4. The number of nitrogens with zero attached hydrogens (tertiary/aromatic N) is 2. The van der Waals surface area contributed by atoms with Gasteiger partial charge in [-0.1, -0.05) is 4.49 Å². The number of anilines is 1. The van der Waals surface area contributed by atoms with E-state index in [2.05, 4.69) is 28.8 Å². The van der Waals surface area contributed by atoms with E-state index in [-0.39, 0.29) is 0 Å². The smallest absolute Gasteiger partial charge is 0.134 e. The molecule has 1 aromatic heterocycles. The number of ether oxygens (including phenoxy) is 1. The Kier molecular flexibility index (Phi) is 4.43. The van der Waals surface area contributed by atoms with Gasteiger partial charge in [0.05, 0.1) is 6.10 Å². The maximum atomic E-state index is 5.54. The summed E-state index contributed by atoms with van der Waals surface area (Å²) in [6.07, 6.45) is 1.53. The molecule has 0 amide bonds. The fourth-order valence-electron chi connectivity index (χ4n) is 1.71. The molecule has 1 aliphatic heterocycles. The highest BCUT2D eigenvalue weighted by Crippen LogP contribution is 2.31. The third-order valence-corrected chi connectivity index (χ3v) is 4.85. The van der Waals surface area contributed by atoms with E-state index in [1.54, 1.807) is 0 Å². The molecule has 0 aromatic carbocycles. The molecular formula is C10H17N3OS2. The van der Waals surface area contributed by atoms with Crippen LogP contribution in [0.5, 0.6) is 0 Å². The molecule has 90 valence electrons. The van der Waals surface area contributed by atoms with Crippen LogP contribution in [0.1, 0.15) is 26.0 Å². The Bertz CT molecular complexity index is 332. The minimum atomic E-state index is 0.374. The zero-order valence-electron chi connectivity index (χ0n) is 9.60. The number of thioether (sulfide) groups is 1. The average Bonchev–Trinajstić information content (AvgIpc) is 2.86. The molecule has 1 aliphatic rings. The second-order valence-corrected chi connectivity index (χ2v) is 5.77. The average molecular weight is 259 g/mol. The third kappa shape index (κ3) is 2.87. The Morgan fingerprint density at radius 3 is 3.19 bits per heavy atom. The lowest BCUT2D eigenvalue weighted by atomic mass is 10.3. The Morgan fingerprint density at radius 2 is 2.50 bits per heavy atom. The molecule has 2 heterocycles. The molecule has 4 nitrogen and oxygen atoms in total. The second kappa shape index (κ2) is 5.84. The molecule has 2 unspecified atom stereocenters. The van der Waals surface area contributed by atoms with Crippen LogP contribution in [0, 0.1) is 0 Å². The van der Waals surface area contributed by atoms with Gasteiger partial charge in [-0.2, -0.15) is 0 Å². The van der Waals surface area contributed by atoms with Crippen LogP contribution in [0.4, 0.5) is 5.00 Å². The van der Waals surface area contributed by atoms with Crippen molar-refractivity contribution in [2.45, 2.75) is 37.4 Å². The maximum Gasteiger partial charge on any atom is 0.134 e. The molecule has 1 N–H and O–H groups in total. The molecule has 0 saturated carbocycles. The van der Waals surface area contributed by atoms with Crippen LogP contribution in [-0.2, 0) is 10.5 Å². The molecule has 1 saturated heterocycles. The largest absolute Gasteiger partial charge is 0.377 e. The van der Waals surface area contributed by atoms with E-state index in [9.17, 15) is 0 Å². The van der Waals surface area contributed by atoms with Gasteiger partial charge in [0.15, 0.2) is 0 Å². The summed E-state index contributed by atoms with van der Waals surface area (Å²) in [6.45, 7) is 6.05. The van der Waals surface area contributed by atoms with Crippen molar-refractivity contribution in [2.75, 3.05) is 18.5 Å². The topological polar surface area (TPSA) is 47.0 Å². The first-order valence-corrected chi connectivity index (χ1v) is 7.41. The van der Waals surface area contributed by atoms with E-state index in [1.165, 1.54) is 11.5 Å². The second-order valence-electron chi connectivity index (χ2n) is 3.79. The van der Waals surface area contributed by atoms with Crippen molar-refractivity contribution in [1.29, 1.82) is 0 Å². The van der Waals surface area contributed by atoms with Gasteiger partial charge in [-0.3, -0.25) is 0 Å². The molecule has 2 rings (SSSR count). The first kappa shape index (κ1) is 12.1. The van der Waals surface area contributed by atoms with Crippen LogP contribution >= 0.6 is 23.3 Å². The van der Waals surface area contributed by atoms with Crippen molar-refractivity contribution in [3.63, 3.8) is 0 Å². The van der Waals surface area contributed by atoms with Crippen molar-refractivity contribution in [3.8, 4) is 0 Å². The third-order valence-electron chi connectivity index (χ3n) is 2.63. The molecule has 0 aliphatic carbocycles. The molecule has 2 atom stereocenters.